The molecule has 4 unspecified atom stereocenters. The molecule has 0 bridgehead atoms. The maximum absolute atomic E-state index is 13.1. The van der Waals surface area contributed by atoms with E-state index < -0.39 is 11.6 Å². The Labute approximate surface area is 167 Å². The van der Waals surface area contributed by atoms with Crippen molar-refractivity contribution >= 4 is 30.3 Å². The second-order valence-corrected chi connectivity index (χ2v) is 9.40. The highest BCUT2D eigenvalue weighted by atomic mass is 35.5. The SMILES string of the molecule is CC1CC(C)(C)CC2(C1)NC(=O)N(CC(=O)NC1CCNC(C)C1)C2=O.Cl. The molecule has 2 heterocycles. The van der Waals surface area contributed by atoms with Gasteiger partial charge in [-0.1, -0.05) is 20.8 Å². The van der Waals surface area contributed by atoms with Gasteiger partial charge in [-0.3, -0.25) is 14.5 Å². The first-order chi connectivity index (χ1) is 12.1. The lowest BCUT2D eigenvalue weighted by Crippen LogP contribution is -2.54. The van der Waals surface area contributed by atoms with E-state index >= 15 is 0 Å². The normalized spacial score (nSPS) is 35.6. The van der Waals surface area contributed by atoms with Crippen molar-refractivity contribution < 1.29 is 14.4 Å². The van der Waals surface area contributed by atoms with Gasteiger partial charge in [0.2, 0.25) is 5.91 Å². The van der Waals surface area contributed by atoms with Gasteiger partial charge in [0.25, 0.3) is 5.91 Å². The van der Waals surface area contributed by atoms with E-state index in [0.29, 0.717) is 24.8 Å². The first-order valence-corrected chi connectivity index (χ1v) is 9.77. The highest BCUT2D eigenvalue weighted by Crippen LogP contribution is 2.46. The quantitative estimate of drug-likeness (QED) is 0.630. The Morgan fingerprint density at radius 2 is 1.96 bits per heavy atom. The number of carbonyl (C=O) groups is 3. The van der Waals surface area contributed by atoms with Gasteiger partial charge in [-0.15, -0.1) is 12.4 Å². The topological polar surface area (TPSA) is 90.5 Å². The first-order valence-electron chi connectivity index (χ1n) is 9.77. The summed E-state index contributed by atoms with van der Waals surface area (Å²) in [4.78, 5) is 39.0. The van der Waals surface area contributed by atoms with Crippen LogP contribution in [-0.2, 0) is 9.59 Å². The summed E-state index contributed by atoms with van der Waals surface area (Å²) in [5, 5.41) is 9.24. The van der Waals surface area contributed by atoms with Crippen LogP contribution in [0.3, 0.4) is 0 Å². The first kappa shape index (κ1) is 22.0. The zero-order valence-electron chi connectivity index (χ0n) is 16.8. The van der Waals surface area contributed by atoms with Crippen LogP contribution in [0.2, 0.25) is 0 Å². The summed E-state index contributed by atoms with van der Waals surface area (Å²) in [7, 11) is 0. The molecule has 7 nitrogen and oxygen atoms in total. The average molecular weight is 401 g/mol. The number of amides is 4. The summed E-state index contributed by atoms with van der Waals surface area (Å²) < 4.78 is 0. The maximum atomic E-state index is 13.1. The number of nitrogens with one attached hydrogen (secondary N) is 3. The maximum Gasteiger partial charge on any atom is 0.325 e. The third kappa shape index (κ3) is 4.74. The lowest BCUT2D eigenvalue weighted by molar-refractivity contribution is -0.137. The molecular weight excluding hydrogens is 368 g/mol. The lowest BCUT2D eigenvalue weighted by atomic mass is 9.64. The Morgan fingerprint density at radius 3 is 2.59 bits per heavy atom. The van der Waals surface area contributed by atoms with E-state index in [1.54, 1.807) is 0 Å². The number of urea groups is 1. The minimum atomic E-state index is -0.845. The van der Waals surface area contributed by atoms with Gasteiger partial charge in [0.05, 0.1) is 0 Å². The number of halogens is 1. The number of hydrogen-bond donors (Lipinski definition) is 3. The fourth-order valence-electron chi connectivity index (χ4n) is 5.33. The zero-order chi connectivity index (χ0) is 19.1. The van der Waals surface area contributed by atoms with Gasteiger partial charge in [0.15, 0.2) is 0 Å². The number of imide groups is 1. The largest absolute Gasteiger partial charge is 0.352 e. The van der Waals surface area contributed by atoms with Crippen LogP contribution in [0.1, 0.15) is 59.8 Å². The number of piperidine rings is 1. The van der Waals surface area contributed by atoms with E-state index in [4.69, 9.17) is 0 Å². The van der Waals surface area contributed by atoms with Crippen LogP contribution in [0.15, 0.2) is 0 Å². The van der Waals surface area contributed by atoms with E-state index in [2.05, 4.69) is 43.6 Å². The molecule has 1 saturated carbocycles. The monoisotopic (exact) mass is 400 g/mol. The van der Waals surface area contributed by atoms with Gasteiger partial charge in [-0.25, -0.2) is 4.79 Å². The molecule has 0 radical (unpaired) electrons. The van der Waals surface area contributed by atoms with E-state index in [-0.39, 0.29) is 42.2 Å². The fraction of sp³-hybridized carbons (Fsp3) is 0.842. The molecule has 1 aliphatic carbocycles. The van der Waals surface area contributed by atoms with E-state index in [1.807, 2.05) is 0 Å². The Bertz CT molecular complexity index is 612. The highest BCUT2D eigenvalue weighted by Gasteiger charge is 2.56. The minimum absolute atomic E-state index is 0. The molecule has 4 amide bonds. The molecule has 0 aromatic rings. The Morgan fingerprint density at radius 1 is 1.26 bits per heavy atom. The summed E-state index contributed by atoms with van der Waals surface area (Å²) in [6.07, 6.45) is 4.03. The van der Waals surface area contributed by atoms with Gasteiger partial charge in [0.1, 0.15) is 12.1 Å². The van der Waals surface area contributed by atoms with E-state index in [9.17, 15) is 14.4 Å². The third-order valence-corrected chi connectivity index (χ3v) is 5.91. The van der Waals surface area contributed by atoms with E-state index in [0.717, 1.165) is 30.7 Å². The molecule has 3 fully saturated rings. The van der Waals surface area contributed by atoms with Gasteiger partial charge in [0, 0.05) is 12.1 Å². The summed E-state index contributed by atoms with van der Waals surface area (Å²) in [6.45, 7) is 9.15. The molecule has 2 aliphatic heterocycles. The number of nitrogens with zero attached hydrogens (tertiary/aromatic N) is 1. The van der Waals surface area contributed by atoms with Crippen LogP contribution in [-0.4, -0.2) is 53.5 Å². The molecule has 1 spiro atoms. The number of rotatable bonds is 3. The van der Waals surface area contributed by atoms with Gasteiger partial charge < -0.3 is 16.0 Å². The van der Waals surface area contributed by atoms with Crippen molar-refractivity contribution in [2.24, 2.45) is 11.3 Å². The number of hydrogen-bond acceptors (Lipinski definition) is 4. The highest BCUT2D eigenvalue weighted by molar-refractivity contribution is 6.09. The van der Waals surface area contributed by atoms with Crippen LogP contribution >= 0.6 is 12.4 Å². The molecule has 0 aromatic heterocycles. The second-order valence-electron chi connectivity index (χ2n) is 9.40. The van der Waals surface area contributed by atoms with Gasteiger partial charge >= 0.3 is 6.03 Å². The Balaban J connectivity index is 0.00000261. The molecule has 27 heavy (non-hydrogen) atoms. The molecule has 8 heteroatoms. The van der Waals surface area contributed by atoms with Crippen molar-refractivity contribution in [3.05, 3.63) is 0 Å². The predicted octanol–water partition coefficient (Wildman–Crippen LogP) is 1.80. The van der Waals surface area contributed by atoms with Crippen LogP contribution in [0.5, 0.6) is 0 Å². The summed E-state index contributed by atoms with van der Waals surface area (Å²) >= 11 is 0. The Hall–Kier alpha value is -1.34. The fourth-order valence-corrected chi connectivity index (χ4v) is 5.33. The molecule has 4 atom stereocenters. The van der Waals surface area contributed by atoms with E-state index in [1.165, 1.54) is 0 Å². The minimum Gasteiger partial charge on any atom is -0.352 e. The van der Waals surface area contributed by atoms with Crippen LogP contribution in [0, 0.1) is 11.3 Å². The molecule has 2 saturated heterocycles. The molecule has 154 valence electrons. The molecule has 3 aliphatic rings. The number of carbonyl (C=O) groups excluding carboxylic acids is 3. The molecule has 0 aromatic carbocycles. The third-order valence-electron chi connectivity index (χ3n) is 5.91. The predicted molar refractivity (Wildman–Crippen MR) is 106 cm³/mol. The van der Waals surface area contributed by atoms with Crippen molar-refractivity contribution in [3.63, 3.8) is 0 Å². The molecule has 3 N–H and O–H groups in total. The van der Waals surface area contributed by atoms with Gasteiger partial charge in [-0.2, -0.15) is 0 Å². The standard InChI is InChI=1S/C19H32N4O3.ClH/c1-12-8-18(3,4)11-19(9-12)16(25)23(17(26)22-19)10-15(24)21-14-5-6-20-13(2)7-14;/h12-14,20H,5-11H2,1-4H3,(H,21,24)(H,22,26);1H. The Kier molecular flexibility index (Phi) is 6.47. The second kappa shape index (κ2) is 7.95. The van der Waals surface area contributed by atoms with Crippen molar-refractivity contribution in [3.8, 4) is 0 Å². The smallest absolute Gasteiger partial charge is 0.325 e. The molecule has 3 rings (SSSR count). The molecular formula is C19H33ClN4O3. The van der Waals surface area contributed by atoms with Crippen LogP contribution in [0.4, 0.5) is 4.79 Å². The van der Waals surface area contributed by atoms with Gasteiger partial charge in [-0.05, 0) is 56.9 Å². The average Bonchev–Trinajstić information content (AvgIpc) is 2.68. The summed E-state index contributed by atoms with van der Waals surface area (Å²) in [6, 6.07) is 0.0239. The van der Waals surface area contributed by atoms with Crippen molar-refractivity contribution in [1.82, 2.24) is 20.9 Å². The van der Waals surface area contributed by atoms with Crippen molar-refractivity contribution in [2.45, 2.75) is 77.4 Å². The van der Waals surface area contributed by atoms with Crippen molar-refractivity contribution in [1.29, 1.82) is 0 Å². The zero-order valence-corrected chi connectivity index (χ0v) is 17.6. The summed E-state index contributed by atoms with van der Waals surface area (Å²) in [5.74, 6) is -0.142. The van der Waals surface area contributed by atoms with Crippen molar-refractivity contribution in [2.75, 3.05) is 13.1 Å². The summed E-state index contributed by atoms with van der Waals surface area (Å²) in [5.41, 5.74) is -0.855. The lowest BCUT2D eigenvalue weighted by Gasteiger charge is -2.43. The van der Waals surface area contributed by atoms with Crippen LogP contribution < -0.4 is 16.0 Å². The van der Waals surface area contributed by atoms with Crippen LogP contribution in [0.25, 0.3) is 0 Å².